The summed E-state index contributed by atoms with van der Waals surface area (Å²) in [4.78, 5) is 0. The maximum Gasteiger partial charge on any atom is 0.119 e. The molecule has 2 heteroatoms. The standard InChI is InChI=1S/C19H29NO/c1-2-13-20-19(14-15-5-3-4-6-15)16-7-9-17(10-8-16)21-18-11-12-18/h7-10,15,18-20H,2-6,11-14H2,1H3. The van der Waals surface area contributed by atoms with Crippen LogP contribution in [0.3, 0.4) is 0 Å². The molecule has 2 saturated carbocycles. The molecular formula is C19H29NO. The van der Waals surface area contributed by atoms with Gasteiger partial charge in [-0.25, -0.2) is 0 Å². The second-order valence-corrected chi connectivity index (χ2v) is 6.78. The van der Waals surface area contributed by atoms with Crippen LogP contribution in [0.2, 0.25) is 0 Å². The molecule has 0 amide bonds. The largest absolute Gasteiger partial charge is 0.490 e. The van der Waals surface area contributed by atoms with Crippen LogP contribution in [0.15, 0.2) is 24.3 Å². The zero-order chi connectivity index (χ0) is 14.5. The van der Waals surface area contributed by atoms with Gasteiger partial charge in [0.05, 0.1) is 6.10 Å². The van der Waals surface area contributed by atoms with E-state index in [-0.39, 0.29) is 0 Å². The SMILES string of the molecule is CCCNC(CC1CCCC1)c1ccc(OC2CC2)cc1. The summed E-state index contributed by atoms with van der Waals surface area (Å²) in [5.74, 6) is 1.96. The summed E-state index contributed by atoms with van der Waals surface area (Å²) in [5.41, 5.74) is 1.43. The molecule has 1 aromatic rings. The van der Waals surface area contributed by atoms with E-state index in [0.717, 1.165) is 18.2 Å². The molecule has 1 N–H and O–H groups in total. The van der Waals surface area contributed by atoms with Gasteiger partial charge in [-0.2, -0.15) is 0 Å². The fourth-order valence-corrected chi connectivity index (χ4v) is 3.39. The van der Waals surface area contributed by atoms with E-state index in [2.05, 4.69) is 36.5 Å². The lowest BCUT2D eigenvalue weighted by Crippen LogP contribution is -2.24. The topological polar surface area (TPSA) is 21.3 Å². The molecule has 0 spiro atoms. The summed E-state index contributed by atoms with van der Waals surface area (Å²) in [6, 6.07) is 9.36. The molecule has 1 unspecified atom stereocenters. The van der Waals surface area contributed by atoms with Crippen molar-refractivity contribution in [3.05, 3.63) is 29.8 Å². The Bertz CT molecular complexity index is 418. The molecule has 2 fully saturated rings. The molecule has 116 valence electrons. The first-order valence-corrected chi connectivity index (χ1v) is 8.85. The van der Waals surface area contributed by atoms with E-state index in [0.29, 0.717) is 12.1 Å². The maximum atomic E-state index is 5.85. The van der Waals surface area contributed by atoms with Crippen LogP contribution in [0, 0.1) is 5.92 Å². The van der Waals surface area contributed by atoms with Crippen LogP contribution in [0.25, 0.3) is 0 Å². The quantitative estimate of drug-likeness (QED) is 0.738. The number of hydrogen-bond acceptors (Lipinski definition) is 2. The van der Waals surface area contributed by atoms with E-state index in [4.69, 9.17) is 4.74 Å². The average Bonchev–Trinajstić information content (AvgIpc) is 3.17. The average molecular weight is 287 g/mol. The highest BCUT2D eigenvalue weighted by molar-refractivity contribution is 5.29. The van der Waals surface area contributed by atoms with Gasteiger partial charge in [0.1, 0.15) is 5.75 Å². The van der Waals surface area contributed by atoms with Crippen molar-refractivity contribution in [3.63, 3.8) is 0 Å². The zero-order valence-corrected chi connectivity index (χ0v) is 13.3. The van der Waals surface area contributed by atoms with E-state index < -0.39 is 0 Å². The monoisotopic (exact) mass is 287 g/mol. The molecule has 3 rings (SSSR count). The second kappa shape index (κ2) is 7.31. The molecule has 2 aliphatic rings. The molecule has 0 saturated heterocycles. The van der Waals surface area contributed by atoms with Crippen molar-refractivity contribution >= 4 is 0 Å². The van der Waals surface area contributed by atoms with Gasteiger partial charge in [0, 0.05) is 6.04 Å². The summed E-state index contributed by atoms with van der Waals surface area (Å²) in [7, 11) is 0. The molecule has 21 heavy (non-hydrogen) atoms. The van der Waals surface area contributed by atoms with Crippen molar-refractivity contribution in [1.82, 2.24) is 5.32 Å². The van der Waals surface area contributed by atoms with Gasteiger partial charge < -0.3 is 10.1 Å². The summed E-state index contributed by atoms with van der Waals surface area (Å²) in [6.07, 6.45) is 11.1. The number of nitrogens with one attached hydrogen (secondary N) is 1. The fraction of sp³-hybridized carbons (Fsp3) is 0.684. The van der Waals surface area contributed by atoms with E-state index in [1.807, 2.05) is 0 Å². The minimum atomic E-state index is 0.489. The Kier molecular flexibility index (Phi) is 5.18. The van der Waals surface area contributed by atoms with E-state index in [1.54, 1.807) is 0 Å². The highest BCUT2D eigenvalue weighted by Crippen LogP contribution is 2.34. The Hall–Kier alpha value is -1.02. The number of hydrogen-bond donors (Lipinski definition) is 1. The van der Waals surface area contributed by atoms with Crippen LogP contribution in [0.5, 0.6) is 5.75 Å². The van der Waals surface area contributed by atoms with Crippen molar-refractivity contribution in [3.8, 4) is 5.75 Å². The Morgan fingerprint density at radius 3 is 2.43 bits per heavy atom. The van der Waals surface area contributed by atoms with Crippen LogP contribution >= 0.6 is 0 Å². The maximum absolute atomic E-state index is 5.85. The van der Waals surface area contributed by atoms with Crippen molar-refractivity contribution in [2.75, 3.05) is 6.54 Å². The van der Waals surface area contributed by atoms with E-state index >= 15 is 0 Å². The van der Waals surface area contributed by atoms with Gasteiger partial charge in [0.2, 0.25) is 0 Å². The first kappa shape index (κ1) is 14.9. The van der Waals surface area contributed by atoms with E-state index in [1.165, 1.54) is 56.9 Å². The Labute approximate surface area is 129 Å². The third kappa shape index (κ3) is 4.47. The first-order valence-electron chi connectivity index (χ1n) is 8.85. The fourth-order valence-electron chi connectivity index (χ4n) is 3.39. The van der Waals surface area contributed by atoms with Crippen molar-refractivity contribution < 1.29 is 4.74 Å². The molecule has 0 aromatic heterocycles. The van der Waals surface area contributed by atoms with Crippen molar-refractivity contribution in [2.45, 2.75) is 70.4 Å². The van der Waals surface area contributed by atoms with Gasteiger partial charge in [-0.15, -0.1) is 0 Å². The Balaban J connectivity index is 1.62. The normalized spacial score (nSPS) is 20.6. The van der Waals surface area contributed by atoms with Gasteiger partial charge in [-0.3, -0.25) is 0 Å². The number of rotatable bonds is 8. The highest BCUT2D eigenvalue weighted by atomic mass is 16.5. The lowest BCUT2D eigenvalue weighted by Gasteiger charge is -2.22. The third-order valence-electron chi connectivity index (χ3n) is 4.79. The Morgan fingerprint density at radius 1 is 1.10 bits per heavy atom. The molecule has 1 aromatic carbocycles. The zero-order valence-electron chi connectivity index (χ0n) is 13.3. The predicted molar refractivity (Wildman–Crippen MR) is 87.7 cm³/mol. The van der Waals surface area contributed by atoms with Crippen LogP contribution in [0.1, 0.15) is 69.9 Å². The van der Waals surface area contributed by atoms with Crippen molar-refractivity contribution in [1.29, 1.82) is 0 Å². The van der Waals surface area contributed by atoms with Gasteiger partial charge >= 0.3 is 0 Å². The Morgan fingerprint density at radius 2 is 1.81 bits per heavy atom. The van der Waals surface area contributed by atoms with Gasteiger partial charge in [0.25, 0.3) is 0 Å². The van der Waals surface area contributed by atoms with Gasteiger partial charge in [0.15, 0.2) is 0 Å². The van der Waals surface area contributed by atoms with Crippen LogP contribution in [-0.4, -0.2) is 12.6 Å². The number of ether oxygens (including phenoxy) is 1. The molecule has 2 aliphatic carbocycles. The molecular weight excluding hydrogens is 258 g/mol. The lowest BCUT2D eigenvalue weighted by atomic mass is 9.93. The number of benzene rings is 1. The smallest absolute Gasteiger partial charge is 0.119 e. The summed E-state index contributed by atoms with van der Waals surface area (Å²) in [5, 5.41) is 3.74. The summed E-state index contributed by atoms with van der Waals surface area (Å²) in [6.45, 7) is 3.35. The minimum Gasteiger partial charge on any atom is -0.490 e. The van der Waals surface area contributed by atoms with Crippen LogP contribution in [-0.2, 0) is 0 Å². The lowest BCUT2D eigenvalue weighted by molar-refractivity contribution is 0.303. The third-order valence-corrected chi connectivity index (χ3v) is 4.79. The molecule has 0 radical (unpaired) electrons. The van der Waals surface area contributed by atoms with Gasteiger partial charge in [-0.1, -0.05) is 44.7 Å². The van der Waals surface area contributed by atoms with Crippen LogP contribution in [0.4, 0.5) is 0 Å². The summed E-state index contributed by atoms with van der Waals surface area (Å²) >= 11 is 0. The van der Waals surface area contributed by atoms with E-state index in [9.17, 15) is 0 Å². The summed E-state index contributed by atoms with van der Waals surface area (Å²) < 4.78 is 5.85. The molecule has 0 aliphatic heterocycles. The molecule has 0 bridgehead atoms. The van der Waals surface area contributed by atoms with Crippen molar-refractivity contribution in [2.24, 2.45) is 5.92 Å². The minimum absolute atomic E-state index is 0.489. The van der Waals surface area contributed by atoms with Gasteiger partial charge in [-0.05, 0) is 55.8 Å². The highest BCUT2D eigenvalue weighted by Gasteiger charge is 2.24. The molecule has 0 heterocycles. The van der Waals surface area contributed by atoms with Crippen LogP contribution < -0.4 is 10.1 Å². The molecule has 1 atom stereocenters. The second-order valence-electron chi connectivity index (χ2n) is 6.78. The predicted octanol–water partition coefficient (Wildman–Crippen LogP) is 4.85. The first-order chi connectivity index (χ1) is 10.3. The molecule has 2 nitrogen and oxygen atoms in total.